The number of carbonyl (C=O) groups excluding carboxylic acids is 1. The number of rotatable bonds is 27. The summed E-state index contributed by atoms with van der Waals surface area (Å²) in [5, 5.41) is 0. The minimum absolute atomic E-state index is 0.111. The second kappa shape index (κ2) is 25.2. The molecule has 0 N–H and O–H groups in total. The Labute approximate surface area is 501 Å². The predicted molar refractivity (Wildman–Crippen MR) is 360 cm³/mol. The molecule has 0 saturated carbocycles. The number of anilines is 3. The number of nitrogens with zero attached hydrogens (tertiary/aromatic N) is 1. The highest BCUT2D eigenvalue weighted by Crippen LogP contribution is 2.54. The third-order valence-electron chi connectivity index (χ3n) is 18.2. The molecule has 0 spiro atoms. The number of aryl methyl sites for hydroxylation is 4. The number of thiophene rings is 4. The molecule has 2 aliphatic carbocycles. The smallest absolute Gasteiger partial charge is 0.160 e. The first kappa shape index (κ1) is 57.4. The zero-order valence-electron chi connectivity index (χ0n) is 49.8. The van der Waals surface area contributed by atoms with Crippen molar-refractivity contribution in [3.8, 4) is 32.7 Å². The molecular weight excluding hydrogens is 1060 g/mol. The van der Waals surface area contributed by atoms with E-state index >= 15 is 0 Å². The molecule has 4 aromatic heterocycles. The van der Waals surface area contributed by atoms with E-state index in [0.29, 0.717) is 0 Å². The molecule has 11 rings (SSSR count). The van der Waals surface area contributed by atoms with Gasteiger partial charge in [0.05, 0.1) is 4.88 Å². The van der Waals surface area contributed by atoms with E-state index in [1.807, 2.05) is 11.3 Å². The summed E-state index contributed by atoms with van der Waals surface area (Å²) in [6, 6.07) is 42.1. The standard InChI is InChI=1S/C75H85NOS4/c1-9-13-17-21-31-58-66(78-71-60(33-23-19-15-11-3)68(49-77)80-70(58)71)45-46-67-59(32-22-18-14-10-2)72-73(79-67)61(34-24-20-16-12-4)69(81-72)50-37-39-51(40-38-50)76(52-41-43-56-54-29-25-27-35-62(54)74(5,6)64(56)47-52)53-42-44-57-55-30-26-28-36-63(55)75(7,8)65(57)48-53/h25-30,35-49H,9-24,31-34H2,1-8H3/b46-45+. The van der Waals surface area contributed by atoms with Gasteiger partial charge in [0, 0.05) is 61.3 Å². The van der Waals surface area contributed by atoms with E-state index in [0.717, 1.165) is 43.3 Å². The van der Waals surface area contributed by atoms with E-state index in [4.69, 9.17) is 0 Å². The van der Waals surface area contributed by atoms with Crippen molar-refractivity contribution in [1.29, 1.82) is 0 Å². The van der Waals surface area contributed by atoms with E-state index < -0.39 is 0 Å². The lowest BCUT2D eigenvalue weighted by atomic mass is 9.82. The van der Waals surface area contributed by atoms with Crippen molar-refractivity contribution in [2.24, 2.45) is 0 Å². The van der Waals surface area contributed by atoms with Crippen LogP contribution in [0.2, 0.25) is 0 Å². The van der Waals surface area contributed by atoms with Crippen LogP contribution in [0.1, 0.15) is 222 Å². The number of carbonyl (C=O) groups is 1. The maximum atomic E-state index is 12.6. The quantitative estimate of drug-likeness (QED) is 0.0378. The second-order valence-electron chi connectivity index (χ2n) is 24.4. The van der Waals surface area contributed by atoms with Crippen LogP contribution in [-0.2, 0) is 36.5 Å². The topological polar surface area (TPSA) is 20.3 Å². The van der Waals surface area contributed by atoms with Crippen LogP contribution < -0.4 is 4.90 Å². The normalized spacial score (nSPS) is 13.9. The summed E-state index contributed by atoms with van der Waals surface area (Å²) >= 11 is 7.87. The van der Waals surface area contributed by atoms with Crippen LogP contribution in [-0.4, -0.2) is 6.29 Å². The number of unbranched alkanes of at least 4 members (excludes halogenated alkanes) is 12. The van der Waals surface area contributed by atoms with Crippen molar-refractivity contribution >= 4 is 99.6 Å². The molecule has 0 fully saturated rings. The lowest BCUT2D eigenvalue weighted by Crippen LogP contribution is -2.18. The molecule has 9 aromatic rings. The summed E-state index contributed by atoms with van der Waals surface area (Å²) in [4.78, 5) is 20.4. The van der Waals surface area contributed by atoms with Crippen LogP contribution in [0.5, 0.6) is 0 Å². The molecule has 0 atom stereocenters. The minimum atomic E-state index is -0.111. The predicted octanol–water partition coefficient (Wildman–Crippen LogP) is 24.5. The Morgan fingerprint density at radius 1 is 0.383 bits per heavy atom. The molecule has 420 valence electrons. The van der Waals surface area contributed by atoms with Crippen molar-refractivity contribution in [1.82, 2.24) is 0 Å². The van der Waals surface area contributed by atoms with Gasteiger partial charge in [0.1, 0.15) is 0 Å². The molecule has 2 nitrogen and oxygen atoms in total. The fourth-order valence-electron chi connectivity index (χ4n) is 13.6. The number of fused-ring (bicyclic) bond motifs is 8. The number of benzene rings is 5. The molecule has 0 saturated heterocycles. The number of hydrogen-bond donors (Lipinski definition) is 0. The SMILES string of the molecule is CCCCCCc1c(C=O)sc2c(CCCCCC)c(/C=C/c3sc4c(CCCCCC)c(-c5ccc(N(c6ccc7c(c6)C(C)(C)c6ccccc6-7)c6ccc7c(c6)C(C)(C)c6ccccc6-7)cc5)sc4c3CCCCCC)sc12. The van der Waals surface area contributed by atoms with Crippen molar-refractivity contribution < 1.29 is 4.79 Å². The largest absolute Gasteiger partial charge is 0.310 e. The maximum Gasteiger partial charge on any atom is 0.160 e. The van der Waals surface area contributed by atoms with Crippen molar-refractivity contribution in [3.05, 3.63) is 168 Å². The van der Waals surface area contributed by atoms with E-state index in [2.05, 4.69) is 204 Å². The molecular formula is C75H85NOS4. The Morgan fingerprint density at radius 3 is 1.20 bits per heavy atom. The van der Waals surface area contributed by atoms with Crippen molar-refractivity contribution in [2.45, 2.75) is 195 Å². The first-order valence-corrected chi connectivity index (χ1v) is 34.4. The Kier molecular flexibility index (Phi) is 17.9. The van der Waals surface area contributed by atoms with Gasteiger partial charge >= 0.3 is 0 Å². The molecule has 4 heterocycles. The molecule has 0 unspecified atom stereocenters. The first-order chi connectivity index (χ1) is 39.5. The lowest BCUT2D eigenvalue weighted by Gasteiger charge is -2.30. The Bertz CT molecular complexity index is 3590. The summed E-state index contributed by atoms with van der Waals surface area (Å²) in [7, 11) is 0. The van der Waals surface area contributed by atoms with Crippen LogP contribution in [0.3, 0.4) is 0 Å². The summed E-state index contributed by atoms with van der Waals surface area (Å²) in [5.41, 5.74) is 21.5. The molecule has 0 amide bonds. The molecule has 81 heavy (non-hydrogen) atoms. The van der Waals surface area contributed by atoms with Crippen LogP contribution >= 0.6 is 45.3 Å². The fraction of sp³-hybridized carbons (Fsp3) is 0.400. The van der Waals surface area contributed by atoms with Gasteiger partial charge in [-0.1, -0.05) is 205 Å². The van der Waals surface area contributed by atoms with Crippen LogP contribution in [0.25, 0.3) is 63.6 Å². The lowest BCUT2D eigenvalue weighted by molar-refractivity contribution is 0.112. The second-order valence-corrected chi connectivity index (χ2v) is 28.6. The molecule has 0 bridgehead atoms. The first-order valence-electron chi connectivity index (χ1n) is 31.2. The minimum Gasteiger partial charge on any atom is -0.310 e. The van der Waals surface area contributed by atoms with Gasteiger partial charge < -0.3 is 4.90 Å². The van der Waals surface area contributed by atoms with Gasteiger partial charge in [0.25, 0.3) is 0 Å². The average molecular weight is 1140 g/mol. The Balaban J connectivity index is 0.995. The van der Waals surface area contributed by atoms with Gasteiger partial charge in [-0.2, -0.15) is 0 Å². The third-order valence-corrected chi connectivity index (χ3v) is 23.5. The zero-order valence-corrected chi connectivity index (χ0v) is 53.0. The van der Waals surface area contributed by atoms with Gasteiger partial charge in [-0.25, -0.2) is 0 Å². The summed E-state index contributed by atoms with van der Waals surface area (Å²) in [6.07, 6.45) is 30.3. The summed E-state index contributed by atoms with van der Waals surface area (Å²) in [5.74, 6) is 0. The Hall–Kier alpha value is -5.37. The highest BCUT2D eigenvalue weighted by atomic mass is 32.1. The molecule has 2 aliphatic rings. The molecule has 5 aromatic carbocycles. The zero-order chi connectivity index (χ0) is 56.3. The third kappa shape index (κ3) is 11.2. The molecule has 6 heteroatoms. The van der Waals surface area contributed by atoms with Crippen LogP contribution in [0.4, 0.5) is 17.1 Å². The van der Waals surface area contributed by atoms with Gasteiger partial charge in [-0.3, -0.25) is 4.79 Å². The van der Waals surface area contributed by atoms with Crippen LogP contribution in [0, 0.1) is 0 Å². The molecule has 0 aliphatic heterocycles. The van der Waals surface area contributed by atoms with Crippen molar-refractivity contribution in [3.63, 3.8) is 0 Å². The van der Waals surface area contributed by atoms with Gasteiger partial charge in [0.2, 0.25) is 0 Å². The summed E-state index contributed by atoms with van der Waals surface area (Å²) in [6.45, 7) is 18.8. The Morgan fingerprint density at radius 2 is 0.753 bits per heavy atom. The van der Waals surface area contributed by atoms with E-state index in [-0.39, 0.29) is 10.8 Å². The van der Waals surface area contributed by atoms with E-state index in [1.165, 1.54) is 208 Å². The highest BCUT2D eigenvalue weighted by molar-refractivity contribution is 7.31. The molecule has 0 radical (unpaired) electrons. The van der Waals surface area contributed by atoms with Gasteiger partial charge in [0.15, 0.2) is 6.29 Å². The van der Waals surface area contributed by atoms with Gasteiger partial charge in [-0.15, -0.1) is 45.3 Å². The van der Waals surface area contributed by atoms with Gasteiger partial charge in [-0.05, 0) is 172 Å². The monoisotopic (exact) mass is 1140 g/mol. The highest BCUT2D eigenvalue weighted by Gasteiger charge is 2.38. The fourth-order valence-corrected chi connectivity index (χ4v) is 19.3. The summed E-state index contributed by atoms with van der Waals surface area (Å²) < 4.78 is 5.80. The van der Waals surface area contributed by atoms with Crippen molar-refractivity contribution in [2.75, 3.05) is 4.90 Å². The van der Waals surface area contributed by atoms with Crippen LogP contribution in [0.15, 0.2) is 109 Å². The number of aldehydes is 1. The average Bonchev–Trinajstić information content (AvgIpc) is 4.28. The number of hydrogen-bond acceptors (Lipinski definition) is 6. The van der Waals surface area contributed by atoms with E-state index in [1.54, 1.807) is 22.5 Å². The maximum absolute atomic E-state index is 12.6. The van der Waals surface area contributed by atoms with E-state index in [9.17, 15) is 4.79 Å².